The fourth-order valence-electron chi connectivity index (χ4n) is 2.39. The van der Waals surface area contributed by atoms with Gasteiger partial charge in [-0.2, -0.15) is 0 Å². The summed E-state index contributed by atoms with van der Waals surface area (Å²) >= 11 is 0. The smallest absolute Gasteiger partial charge is 0.262 e. The molecule has 0 heterocycles. The summed E-state index contributed by atoms with van der Waals surface area (Å²) in [4.78, 5) is 22.8. The van der Waals surface area contributed by atoms with Gasteiger partial charge < -0.3 is 20.0 Å². The summed E-state index contributed by atoms with van der Waals surface area (Å²) in [6, 6.07) is 19.2. The van der Waals surface area contributed by atoms with Crippen molar-refractivity contribution in [2.45, 2.75) is 0 Å². The molecular weight excluding hydrogens is 306 g/mol. The van der Waals surface area contributed by atoms with Crippen molar-refractivity contribution in [3.8, 4) is 5.75 Å². The highest BCUT2D eigenvalue weighted by molar-refractivity contribution is 5.94. The maximum absolute atomic E-state index is 12.0. The summed E-state index contributed by atoms with van der Waals surface area (Å²) < 4.78 is 5.59. The molecule has 0 fully saturated rings. The van der Waals surface area contributed by atoms with Crippen LogP contribution in [0.15, 0.2) is 66.7 Å². The lowest BCUT2D eigenvalue weighted by Gasteiger charge is -2.10. The molecule has 5 nitrogen and oxygen atoms in total. The Bertz CT molecular complexity index is 899. The zero-order chi connectivity index (χ0) is 16.9. The highest BCUT2D eigenvalue weighted by Gasteiger charge is 2.07. The zero-order valence-electron chi connectivity index (χ0n) is 12.7. The molecule has 120 valence electrons. The number of carboxylic acid groups (broad SMARTS) is 1. The SMILES string of the molecule is O=C(COc1cccc2ccccc12)Nc1cccc(C(=O)[O-])c1. The summed E-state index contributed by atoms with van der Waals surface area (Å²) in [6.45, 7) is -0.177. The van der Waals surface area contributed by atoms with Gasteiger partial charge in [0.05, 0.1) is 5.97 Å². The maximum atomic E-state index is 12.0. The first-order valence-electron chi connectivity index (χ1n) is 7.35. The standard InChI is InChI=1S/C19H15NO4/c21-18(20-15-8-3-7-14(11-15)19(22)23)12-24-17-10-4-6-13-5-1-2-9-16(13)17/h1-11H,12H2,(H,20,21)(H,22,23)/p-1. The molecule has 3 rings (SSSR count). The van der Waals surface area contributed by atoms with E-state index in [1.54, 1.807) is 12.1 Å². The first-order valence-corrected chi connectivity index (χ1v) is 7.35. The van der Waals surface area contributed by atoms with Crippen LogP contribution in [0.25, 0.3) is 10.8 Å². The van der Waals surface area contributed by atoms with Crippen LogP contribution in [0.3, 0.4) is 0 Å². The van der Waals surface area contributed by atoms with Crippen molar-refractivity contribution in [3.05, 3.63) is 72.3 Å². The van der Waals surface area contributed by atoms with Crippen LogP contribution in [-0.4, -0.2) is 18.5 Å². The minimum Gasteiger partial charge on any atom is -0.545 e. The van der Waals surface area contributed by atoms with Crippen molar-refractivity contribution in [1.29, 1.82) is 0 Å². The first kappa shape index (κ1) is 15.6. The molecule has 3 aromatic carbocycles. The zero-order valence-corrected chi connectivity index (χ0v) is 12.7. The number of carboxylic acids is 1. The molecule has 0 aromatic heterocycles. The fraction of sp³-hybridized carbons (Fsp3) is 0.0526. The van der Waals surface area contributed by atoms with Crippen LogP contribution in [0, 0.1) is 0 Å². The molecule has 0 saturated heterocycles. The molecule has 0 aliphatic carbocycles. The number of anilines is 1. The van der Waals surface area contributed by atoms with E-state index in [1.165, 1.54) is 18.2 Å². The molecule has 24 heavy (non-hydrogen) atoms. The summed E-state index contributed by atoms with van der Waals surface area (Å²) in [7, 11) is 0. The van der Waals surface area contributed by atoms with Crippen molar-refractivity contribution < 1.29 is 19.4 Å². The first-order chi connectivity index (χ1) is 11.6. The van der Waals surface area contributed by atoms with Gasteiger partial charge in [-0.1, -0.05) is 48.5 Å². The van der Waals surface area contributed by atoms with E-state index in [2.05, 4.69) is 5.32 Å². The van der Waals surface area contributed by atoms with Gasteiger partial charge in [0, 0.05) is 11.1 Å². The molecular formula is C19H14NO4-. The number of aromatic carboxylic acids is 1. The van der Waals surface area contributed by atoms with Gasteiger partial charge in [-0.25, -0.2) is 0 Å². The van der Waals surface area contributed by atoms with Crippen LogP contribution in [0.2, 0.25) is 0 Å². The van der Waals surface area contributed by atoms with Gasteiger partial charge >= 0.3 is 0 Å². The molecule has 0 aliphatic rings. The fourth-order valence-corrected chi connectivity index (χ4v) is 2.39. The predicted molar refractivity (Wildman–Crippen MR) is 88.8 cm³/mol. The molecule has 0 bridgehead atoms. The summed E-state index contributed by atoms with van der Waals surface area (Å²) in [5.41, 5.74) is 0.381. The van der Waals surface area contributed by atoms with Crippen LogP contribution in [0.1, 0.15) is 10.4 Å². The number of fused-ring (bicyclic) bond motifs is 1. The molecule has 0 spiro atoms. The van der Waals surface area contributed by atoms with Gasteiger partial charge in [0.1, 0.15) is 5.75 Å². The van der Waals surface area contributed by atoms with E-state index in [-0.39, 0.29) is 18.1 Å². The number of carbonyl (C=O) groups excluding carboxylic acids is 2. The van der Waals surface area contributed by atoms with Crippen molar-refractivity contribution in [2.24, 2.45) is 0 Å². The number of benzene rings is 3. The van der Waals surface area contributed by atoms with Gasteiger partial charge in [-0.05, 0) is 29.1 Å². The van der Waals surface area contributed by atoms with Crippen LogP contribution in [0.5, 0.6) is 5.75 Å². The number of carbonyl (C=O) groups is 2. The molecule has 0 aliphatic heterocycles. The van der Waals surface area contributed by atoms with Crippen molar-refractivity contribution in [1.82, 2.24) is 0 Å². The Morgan fingerprint density at radius 2 is 1.71 bits per heavy atom. The van der Waals surface area contributed by atoms with E-state index in [0.29, 0.717) is 11.4 Å². The van der Waals surface area contributed by atoms with Crippen LogP contribution >= 0.6 is 0 Å². The minimum atomic E-state index is -1.29. The van der Waals surface area contributed by atoms with Crippen molar-refractivity contribution >= 4 is 28.3 Å². The lowest BCUT2D eigenvalue weighted by atomic mass is 10.1. The molecule has 0 radical (unpaired) electrons. The molecule has 0 saturated carbocycles. The highest BCUT2D eigenvalue weighted by Crippen LogP contribution is 2.25. The molecule has 0 atom stereocenters. The summed E-state index contributed by atoms with van der Waals surface area (Å²) in [5, 5.41) is 15.4. The topological polar surface area (TPSA) is 78.5 Å². The van der Waals surface area contributed by atoms with E-state index in [0.717, 1.165) is 10.8 Å². The van der Waals surface area contributed by atoms with Gasteiger partial charge in [0.2, 0.25) is 0 Å². The van der Waals surface area contributed by atoms with Crippen LogP contribution in [-0.2, 0) is 4.79 Å². The molecule has 5 heteroatoms. The average Bonchev–Trinajstić information content (AvgIpc) is 2.60. The third-order valence-electron chi connectivity index (χ3n) is 3.49. The number of hydrogen-bond acceptors (Lipinski definition) is 4. The quantitative estimate of drug-likeness (QED) is 0.782. The molecule has 0 unspecified atom stereocenters. The lowest BCUT2D eigenvalue weighted by Crippen LogP contribution is -2.23. The second-order valence-electron chi connectivity index (χ2n) is 5.18. The van der Waals surface area contributed by atoms with Gasteiger partial charge in [-0.3, -0.25) is 4.79 Å². The normalized spacial score (nSPS) is 10.3. The Morgan fingerprint density at radius 1 is 0.958 bits per heavy atom. The van der Waals surface area contributed by atoms with Gasteiger partial charge in [-0.15, -0.1) is 0 Å². The minimum absolute atomic E-state index is 0.00257. The Kier molecular flexibility index (Phi) is 4.43. The molecule has 3 aromatic rings. The Labute approximate surface area is 138 Å². The molecule has 1 amide bonds. The number of ether oxygens (including phenoxy) is 1. The van der Waals surface area contributed by atoms with E-state index in [9.17, 15) is 14.7 Å². The number of rotatable bonds is 5. The number of amides is 1. The third kappa shape index (κ3) is 3.52. The van der Waals surface area contributed by atoms with Crippen molar-refractivity contribution in [2.75, 3.05) is 11.9 Å². The van der Waals surface area contributed by atoms with Gasteiger partial charge in [0.25, 0.3) is 5.91 Å². The summed E-state index contributed by atoms with van der Waals surface area (Å²) in [6.07, 6.45) is 0. The largest absolute Gasteiger partial charge is 0.545 e. The van der Waals surface area contributed by atoms with Crippen LogP contribution < -0.4 is 15.2 Å². The Morgan fingerprint density at radius 3 is 2.54 bits per heavy atom. The Balaban J connectivity index is 1.67. The highest BCUT2D eigenvalue weighted by atomic mass is 16.5. The second kappa shape index (κ2) is 6.83. The monoisotopic (exact) mass is 320 g/mol. The number of hydrogen-bond donors (Lipinski definition) is 1. The predicted octanol–water partition coefficient (Wildman–Crippen LogP) is 2.22. The third-order valence-corrected chi connectivity index (χ3v) is 3.49. The Hall–Kier alpha value is -3.34. The average molecular weight is 320 g/mol. The van der Waals surface area contributed by atoms with E-state index >= 15 is 0 Å². The van der Waals surface area contributed by atoms with E-state index in [1.807, 2.05) is 36.4 Å². The number of nitrogens with one attached hydrogen (secondary N) is 1. The van der Waals surface area contributed by atoms with Gasteiger partial charge in [0.15, 0.2) is 6.61 Å². The second-order valence-corrected chi connectivity index (χ2v) is 5.18. The lowest BCUT2D eigenvalue weighted by molar-refractivity contribution is -0.255. The maximum Gasteiger partial charge on any atom is 0.262 e. The van der Waals surface area contributed by atoms with E-state index < -0.39 is 5.97 Å². The van der Waals surface area contributed by atoms with Crippen LogP contribution in [0.4, 0.5) is 5.69 Å². The van der Waals surface area contributed by atoms with E-state index in [4.69, 9.17) is 4.74 Å². The molecule has 1 N–H and O–H groups in total. The van der Waals surface area contributed by atoms with Crippen molar-refractivity contribution in [3.63, 3.8) is 0 Å². The summed E-state index contributed by atoms with van der Waals surface area (Å²) in [5.74, 6) is -1.05.